The Bertz CT molecular complexity index is 731. The highest BCUT2D eigenvalue weighted by Crippen LogP contribution is 2.17. The van der Waals surface area contributed by atoms with E-state index in [0.717, 1.165) is 16.1 Å². The first-order valence-electron chi connectivity index (χ1n) is 7.46. The number of nitrogens with one attached hydrogen (secondary N) is 1. The van der Waals surface area contributed by atoms with Crippen molar-refractivity contribution in [2.45, 2.75) is 4.90 Å². The standard InChI is InChI=1S/C19H19FN2OS/c1-22(2)17-9-5-15(6-10-17)4-3-13-21-19(23)14-24-18-11-7-16(20)8-12-18/h5-12H,13-14H2,1-2H3,(H,21,23). The number of hydrogen-bond acceptors (Lipinski definition) is 3. The minimum Gasteiger partial charge on any atom is -0.378 e. The number of amides is 1. The highest BCUT2D eigenvalue weighted by molar-refractivity contribution is 8.00. The summed E-state index contributed by atoms with van der Waals surface area (Å²) in [6, 6.07) is 14.0. The predicted octanol–water partition coefficient (Wildman–Crippen LogP) is 3.15. The molecule has 0 bridgehead atoms. The minimum atomic E-state index is -0.280. The van der Waals surface area contributed by atoms with Crippen LogP contribution in [0.3, 0.4) is 0 Å². The van der Waals surface area contributed by atoms with Crippen molar-refractivity contribution in [3.8, 4) is 11.8 Å². The number of nitrogens with zero attached hydrogens (tertiary/aromatic N) is 1. The van der Waals surface area contributed by atoms with E-state index in [4.69, 9.17) is 0 Å². The smallest absolute Gasteiger partial charge is 0.231 e. The van der Waals surface area contributed by atoms with Crippen molar-refractivity contribution in [3.05, 3.63) is 59.9 Å². The Morgan fingerprint density at radius 3 is 2.42 bits per heavy atom. The van der Waals surface area contributed by atoms with Crippen molar-refractivity contribution < 1.29 is 9.18 Å². The van der Waals surface area contributed by atoms with Crippen molar-refractivity contribution in [3.63, 3.8) is 0 Å². The summed E-state index contributed by atoms with van der Waals surface area (Å²) >= 11 is 1.36. The average molecular weight is 342 g/mol. The van der Waals surface area contributed by atoms with Gasteiger partial charge in [-0.15, -0.1) is 11.8 Å². The van der Waals surface area contributed by atoms with Crippen molar-refractivity contribution in [2.24, 2.45) is 0 Å². The SMILES string of the molecule is CN(C)c1ccc(C#CCNC(=O)CSc2ccc(F)cc2)cc1. The lowest BCUT2D eigenvalue weighted by atomic mass is 10.2. The van der Waals surface area contributed by atoms with E-state index < -0.39 is 0 Å². The monoisotopic (exact) mass is 342 g/mol. The van der Waals surface area contributed by atoms with Crippen molar-refractivity contribution >= 4 is 23.4 Å². The third-order valence-corrected chi connectivity index (χ3v) is 4.19. The normalized spacial score (nSPS) is 9.79. The third-order valence-electron chi connectivity index (χ3n) is 3.17. The van der Waals surface area contributed by atoms with E-state index in [2.05, 4.69) is 17.2 Å². The van der Waals surface area contributed by atoms with E-state index in [0.29, 0.717) is 6.54 Å². The lowest BCUT2D eigenvalue weighted by Gasteiger charge is -2.11. The number of benzene rings is 2. The van der Waals surface area contributed by atoms with Gasteiger partial charge in [0.15, 0.2) is 0 Å². The number of anilines is 1. The second-order valence-electron chi connectivity index (χ2n) is 5.26. The van der Waals surface area contributed by atoms with E-state index in [1.165, 1.54) is 23.9 Å². The molecule has 0 fully saturated rings. The molecule has 5 heteroatoms. The summed E-state index contributed by atoms with van der Waals surface area (Å²) in [5.41, 5.74) is 2.03. The van der Waals surface area contributed by atoms with Crippen LogP contribution in [0, 0.1) is 17.7 Å². The van der Waals surface area contributed by atoms with E-state index in [-0.39, 0.29) is 17.5 Å². The molecule has 0 aliphatic rings. The van der Waals surface area contributed by atoms with Gasteiger partial charge in [-0.1, -0.05) is 11.8 Å². The molecule has 0 aliphatic carbocycles. The van der Waals surface area contributed by atoms with Crippen LogP contribution in [0.2, 0.25) is 0 Å². The second-order valence-corrected chi connectivity index (χ2v) is 6.31. The highest BCUT2D eigenvalue weighted by Gasteiger charge is 2.01. The summed E-state index contributed by atoms with van der Waals surface area (Å²) in [7, 11) is 3.97. The third kappa shape index (κ3) is 5.98. The van der Waals surface area contributed by atoms with Crippen molar-refractivity contribution in [1.29, 1.82) is 0 Å². The molecule has 2 rings (SSSR count). The Morgan fingerprint density at radius 2 is 1.79 bits per heavy atom. The van der Waals surface area contributed by atoms with Crippen LogP contribution in [0.25, 0.3) is 0 Å². The molecule has 0 heterocycles. The lowest BCUT2D eigenvalue weighted by molar-refractivity contribution is -0.118. The summed E-state index contributed by atoms with van der Waals surface area (Å²) in [4.78, 5) is 14.6. The Labute approximate surface area is 146 Å². The van der Waals surface area contributed by atoms with E-state index >= 15 is 0 Å². The van der Waals surface area contributed by atoms with Crippen LogP contribution in [-0.4, -0.2) is 32.3 Å². The quantitative estimate of drug-likeness (QED) is 0.669. The summed E-state index contributed by atoms with van der Waals surface area (Å²) in [5.74, 6) is 5.85. The van der Waals surface area contributed by atoms with Gasteiger partial charge < -0.3 is 10.2 Å². The van der Waals surface area contributed by atoms with Gasteiger partial charge in [-0.2, -0.15) is 0 Å². The zero-order chi connectivity index (χ0) is 17.4. The van der Waals surface area contributed by atoms with Gasteiger partial charge >= 0.3 is 0 Å². The van der Waals surface area contributed by atoms with Crippen LogP contribution < -0.4 is 10.2 Å². The van der Waals surface area contributed by atoms with Gasteiger partial charge in [-0.25, -0.2) is 4.39 Å². The molecular weight excluding hydrogens is 323 g/mol. The van der Waals surface area contributed by atoms with Gasteiger partial charge in [0.25, 0.3) is 0 Å². The van der Waals surface area contributed by atoms with Gasteiger partial charge in [0, 0.05) is 30.2 Å². The van der Waals surface area contributed by atoms with Crippen LogP contribution in [0.1, 0.15) is 5.56 Å². The molecule has 0 spiro atoms. The predicted molar refractivity (Wildman–Crippen MR) is 97.8 cm³/mol. The van der Waals surface area contributed by atoms with Crippen LogP contribution in [-0.2, 0) is 4.79 Å². The number of hydrogen-bond donors (Lipinski definition) is 1. The van der Waals surface area contributed by atoms with E-state index in [1.54, 1.807) is 12.1 Å². The maximum atomic E-state index is 12.8. The molecule has 24 heavy (non-hydrogen) atoms. The molecule has 0 saturated carbocycles. The maximum absolute atomic E-state index is 12.8. The average Bonchev–Trinajstić information content (AvgIpc) is 2.58. The lowest BCUT2D eigenvalue weighted by Crippen LogP contribution is -2.25. The minimum absolute atomic E-state index is 0.0958. The molecule has 2 aromatic rings. The Hall–Kier alpha value is -2.45. The fourth-order valence-corrected chi connectivity index (χ4v) is 2.59. The van der Waals surface area contributed by atoms with Crippen LogP contribution in [0.4, 0.5) is 10.1 Å². The van der Waals surface area contributed by atoms with Crippen LogP contribution in [0.15, 0.2) is 53.4 Å². The Morgan fingerprint density at radius 1 is 1.12 bits per heavy atom. The molecule has 0 saturated heterocycles. The van der Waals surface area contributed by atoms with Gasteiger partial charge in [0.05, 0.1) is 12.3 Å². The summed E-state index contributed by atoms with van der Waals surface area (Å²) in [6.07, 6.45) is 0. The summed E-state index contributed by atoms with van der Waals surface area (Å²) in [6.45, 7) is 0.304. The first-order chi connectivity index (χ1) is 11.5. The number of carbonyl (C=O) groups excluding carboxylic acids is 1. The highest BCUT2D eigenvalue weighted by atomic mass is 32.2. The summed E-state index contributed by atoms with van der Waals surface area (Å²) in [5, 5.41) is 2.75. The fourth-order valence-electron chi connectivity index (χ4n) is 1.86. The number of thioether (sulfide) groups is 1. The molecule has 0 aromatic heterocycles. The molecule has 0 aliphatic heterocycles. The number of halogens is 1. The Kier molecular flexibility index (Phi) is 6.71. The largest absolute Gasteiger partial charge is 0.378 e. The van der Waals surface area contributed by atoms with Crippen LogP contribution >= 0.6 is 11.8 Å². The molecule has 1 N–H and O–H groups in total. The molecule has 0 atom stereocenters. The number of carbonyl (C=O) groups is 1. The zero-order valence-corrected chi connectivity index (χ0v) is 14.5. The van der Waals surface area contributed by atoms with Gasteiger partial charge in [0.1, 0.15) is 5.82 Å². The molecule has 1 amide bonds. The molecule has 2 aromatic carbocycles. The molecule has 0 radical (unpaired) electrons. The zero-order valence-electron chi connectivity index (χ0n) is 13.7. The van der Waals surface area contributed by atoms with Gasteiger partial charge in [-0.05, 0) is 48.5 Å². The second kappa shape index (κ2) is 8.99. The first-order valence-corrected chi connectivity index (χ1v) is 8.44. The molecular formula is C19H19FN2OS. The number of rotatable bonds is 5. The Balaban J connectivity index is 1.73. The van der Waals surface area contributed by atoms with Gasteiger partial charge in [-0.3, -0.25) is 4.79 Å². The van der Waals surface area contributed by atoms with Gasteiger partial charge in [0.2, 0.25) is 5.91 Å². The topological polar surface area (TPSA) is 32.3 Å². The first kappa shape index (κ1) is 17.9. The molecule has 3 nitrogen and oxygen atoms in total. The fraction of sp³-hybridized carbons (Fsp3) is 0.211. The summed E-state index contributed by atoms with van der Waals surface area (Å²) < 4.78 is 12.8. The van der Waals surface area contributed by atoms with Crippen molar-refractivity contribution in [1.82, 2.24) is 5.32 Å². The van der Waals surface area contributed by atoms with Crippen molar-refractivity contribution in [2.75, 3.05) is 31.3 Å². The molecule has 124 valence electrons. The molecule has 0 unspecified atom stereocenters. The van der Waals surface area contributed by atoms with E-state index in [1.807, 2.05) is 43.3 Å². The van der Waals surface area contributed by atoms with Crippen LogP contribution in [0.5, 0.6) is 0 Å². The van der Waals surface area contributed by atoms with E-state index in [9.17, 15) is 9.18 Å². The maximum Gasteiger partial charge on any atom is 0.231 e.